The molecule has 8 nitrogen and oxygen atoms in total. The molecule has 0 aliphatic heterocycles. The molecule has 1 amide bonds. The first-order valence-electron chi connectivity index (χ1n) is 7.26. The van der Waals surface area contributed by atoms with E-state index in [0.29, 0.717) is 5.69 Å². The fraction of sp³-hybridized carbons (Fsp3) is 0.125. The zero-order valence-electron chi connectivity index (χ0n) is 13.4. The molecule has 0 saturated heterocycles. The Balaban J connectivity index is 1.87. The summed E-state index contributed by atoms with van der Waals surface area (Å²) in [7, 11) is 2.80. The van der Waals surface area contributed by atoms with E-state index in [1.54, 1.807) is 6.20 Å². The predicted octanol–water partition coefficient (Wildman–Crippen LogP) is 0.661. The van der Waals surface area contributed by atoms with Gasteiger partial charge in [-0.25, -0.2) is 13.9 Å². The predicted molar refractivity (Wildman–Crippen MR) is 88.4 cm³/mol. The molecule has 128 valence electrons. The number of halogens is 1. The Hall–Kier alpha value is -3.49. The molecule has 0 fully saturated rings. The Morgan fingerprint density at radius 3 is 2.48 bits per heavy atom. The monoisotopic (exact) mass is 343 g/mol. The molecular formula is C16H14FN5O3. The summed E-state index contributed by atoms with van der Waals surface area (Å²) in [4.78, 5) is 36.0. The Kier molecular flexibility index (Phi) is 4.05. The van der Waals surface area contributed by atoms with Gasteiger partial charge in [-0.2, -0.15) is 5.10 Å². The fourth-order valence-electron chi connectivity index (χ4n) is 2.26. The van der Waals surface area contributed by atoms with Crippen LogP contribution in [0.2, 0.25) is 0 Å². The largest absolute Gasteiger partial charge is 0.330 e. The second-order valence-corrected chi connectivity index (χ2v) is 5.38. The van der Waals surface area contributed by atoms with E-state index in [9.17, 15) is 18.8 Å². The van der Waals surface area contributed by atoms with Gasteiger partial charge in [-0.1, -0.05) is 0 Å². The van der Waals surface area contributed by atoms with Crippen LogP contribution < -0.4 is 16.6 Å². The van der Waals surface area contributed by atoms with Gasteiger partial charge in [-0.15, -0.1) is 0 Å². The Morgan fingerprint density at radius 2 is 1.80 bits per heavy atom. The van der Waals surface area contributed by atoms with Crippen molar-refractivity contribution in [2.45, 2.75) is 0 Å². The number of rotatable bonds is 3. The minimum absolute atomic E-state index is 0.0362. The molecule has 25 heavy (non-hydrogen) atoms. The van der Waals surface area contributed by atoms with Crippen LogP contribution in [-0.4, -0.2) is 24.8 Å². The van der Waals surface area contributed by atoms with Gasteiger partial charge in [0.15, 0.2) is 5.69 Å². The van der Waals surface area contributed by atoms with E-state index in [1.807, 2.05) is 0 Å². The Labute approximate surface area is 140 Å². The van der Waals surface area contributed by atoms with Crippen molar-refractivity contribution in [3.05, 3.63) is 75.1 Å². The van der Waals surface area contributed by atoms with E-state index in [4.69, 9.17) is 0 Å². The summed E-state index contributed by atoms with van der Waals surface area (Å²) in [5.74, 6) is -0.976. The third-order valence-electron chi connectivity index (χ3n) is 3.61. The van der Waals surface area contributed by atoms with Crippen molar-refractivity contribution in [3.63, 3.8) is 0 Å². The lowest BCUT2D eigenvalue weighted by Crippen LogP contribution is -2.38. The highest BCUT2D eigenvalue weighted by Crippen LogP contribution is 2.09. The van der Waals surface area contributed by atoms with Gasteiger partial charge in [0.05, 0.1) is 5.69 Å². The van der Waals surface area contributed by atoms with Crippen LogP contribution in [0.3, 0.4) is 0 Å². The first-order chi connectivity index (χ1) is 11.9. The molecule has 0 unspecified atom stereocenters. The quantitative estimate of drug-likeness (QED) is 0.756. The van der Waals surface area contributed by atoms with Crippen molar-refractivity contribution in [1.29, 1.82) is 0 Å². The number of nitrogens with one attached hydrogen (secondary N) is 1. The summed E-state index contributed by atoms with van der Waals surface area (Å²) in [5, 5.41) is 6.54. The number of hydrogen-bond donors (Lipinski definition) is 1. The molecule has 1 aromatic carbocycles. The van der Waals surface area contributed by atoms with Crippen molar-refractivity contribution in [2.75, 3.05) is 5.32 Å². The maximum absolute atomic E-state index is 13.0. The summed E-state index contributed by atoms with van der Waals surface area (Å²) in [6.45, 7) is 0. The van der Waals surface area contributed by atoms with Crippen molar-refractivity contribution >= 4 is 11.6 Å². The highest BCUT2D eigenvalue weighted by atomic mass is 19.1. The van der Waals surface area contributed by atoms with Crippen LogP contribution in [-0.2, 0) is 14.1 Å². The summed E-state index contributed by atoms with van der Waals surface area (Å²) in [5.41, 5.74) is -0.498. The van der Waals surface area contributed by atoms with Crippen LogP contribution in [0.4, 0.5) is 10.1 Å². The van der Waals surface area contributed by atoms with Crippen molar-refractivity contribution in [1.82, 2.24) is 18.9 Å². The number of nitrogens with zero attached hydrogens (tertiary/aromatic N) is 4. The molecule has 0 bridgehead atoms. The van der Waals surface area contributed by atoms with Crippen LogP contribution in [0.15, 0.2) is 52.3 Å². The molecule has 0 radical (unpaired) electrons. The number of carbonyl (C=O) groups excluding carboxylic acids is 1. The zero-order chi connectivity index (χ0) is 18.1. The van der Waals surface area contributed by atoms with Crippen molar-refractivity contribution < 1.29 is 9.18 Å². The number of hydrogen-bond acceptors (Lipinski definition) is 4. The lowest BCUT2D eigenvalue weighted by atomic mass is 10.3. The van der Waals surface area contributed by atoms with Gasteiger partial charge in [-0.3, -0.25) is 14.2 Å². The topological polar surface area (TPSA) is 90.9 Å². The zero-order valence-corrected chi connectivity index (χ0v) is 13.4. The van der Waals surface area contributed by atoms with Gasteiger partial charge < -0.3 is 9.88 Å². The smallest absolute Gasteiger partial charge is 0.315 e. The SMILES string of the molecule is Cn1cc(NC(=O)c2ccn(-c3ccc(F)cc3)n2)c(=O)n(C)c1=O. The van der Waals surface area contributed by atoms with E-state index in [-0.39, 0.29) is 17.2 Å². The number of aromatic nitrogens is 4. The standard InChI is InChI=1S/C16H14FN5O3/c1-20-9-13(15(24)21(2)16(20)25)18-14(23)12-7-8-22(19-12)11-5-3-10(17)4-6-11/h3-9H,1-2H3,(H,18,23). The average Bonchev–Trinajstić information content (AvgIpc) is 3.08. The van der Waals surface area contributed by atoms with Crippen LogP contribution in [0.5, 0.6) is 0 Å². The third kappa shape index (κ3) is 3.11. The molecule has 3 aromatic rings. The van der Waals surface area contributed by atoms with Gasteiger partial charge in [0.25, 0.3) is 11.5 Å². The molecule has 0 saturated carbocycles. The maximum atomic E-state index is 13.0. The number of anilines is 1. The summed E-state index contributed by atoms with van der Waals surface area (Å²) in [6, 6.07) is 7.07. The summed E-state index contributed by atoms with van der Waals surface area (Å²) < 4.78 is 16.5. The second-order valence-electron chi connectivity index (χ2n) is 5.38. The highest BCUT2D eigenvalue weighted by molar-refractivity contribution is 6.02. The molecule has 3 rings (SSSR count). The molecule has 2 aromatic heterocycles. The molecule has 0 aliphatic carbocycles. The second kappa shape index (κ2) is 6.19. The van der Waals surface area contributed by atoms with E-state index >= 15 is 0 Å². The van der Waals surface area contributed by atoms with Gasteiger partial charge in [0.1, 0.15) is 11.5 Å². The Morgan fingerprint density at radius 1 is 1.12 bits per heavy atom. The van der Waals surface area contributed by atoms with E-state index in [0.717, 1.165) is 4.57 Å². The van der Waals surface area contributed by atoms with Crippen LogP contribution >= 0.6 is 0 Å². The van der Waals surface area contributed by atoms with Gasteiger partial charge in [0, 0.05) is 26.5 Å². The number of carbonyl (C=O) groups is 1. The number of aryl methyl sites for hydroxylation is 1. The van der Waals surface area contributed by atoms with E-state index in [2.05, 4.69) is 10.4 Å². The van der Waals surface area contributed by atoms with Gasteiger partial charge in [0.2, 0.25) is 0 Å². The minimum atomic E-state index is -0.616. The van der Waals surface area contributed by atoms with Gasteiger partial charge in [-0.05, 0) is 30.3 Å². The molecule has 9 heteroatoms. The van der Waals surface area contributed by atoms with Crippen LogP contribution in [0, 0.1) is 5.82 Å². The van der Waals surface area contributed by atoms with Crippen molar-refractivity contribution in [3.8, 4) is 5.69 Å². The van der Waals surface area contributed by atoms with Crippen molar-refractivity contribution in [2.24, 2.45) is 14.1 Å². The molecule has 2 heterocycles. The van der Waals surface area contributed by atoms with E-state index < -0.39 is 17.2 Å². The first kappa shape index (κ1) is 16.4. The number of amides is 1. The first-order valence-corrected chi connectivity index (χ1v) is 7.26. The molecule has 0 spiro atoms. The lowest BCUT2D eigenvalue weighted by molar-refractivity contribution is 0.102. The number of benzene rings is 1. The summed E-state index contributed by atoms with van der Waals surface area (Å²) >= 11 is 0. The fourth-order valence-corrected chi connectivity index (χ4v) is 2.26. The van der Waals surface area contributed by atoms with Gasteiger partial charge >= 0.3 is 5.69 Å². The molecular weight excluding hydrogens is 329 g/mol. The normalized spacial score (nSPS) is 10.7. The summed E-state index contributed by atoms with van der Waals surface area (Å²) in [6.07, 6.45) is 2.79. The lowest BCUT2D eigenvalue weighted by Gasteiger charge is -2.07. The highest BCUT2D eigenvalue weighted by Gasteiger charge is 2.14. The molecule has 0 atom stereocenters. The third-order valence-corrected chi connectivity index (χ3v) is 3.61. The average molecular weight is 343 g/mol. The van der Waals surface area contributed by atoms with Crippen LogP contribution in [0.1, 0.15) is 10.5 Å². The molecule has 0 aliphatic rings. The van der Waals surface area contributed by atoms with Crippen LogP contribution in [0.25, 0.3) is 5.69 Å². The molecule has 1 N–H and O–H groups in total. The maximum Gasteiger partial charge on any atom is 0.330 e. The van der Waals surface area contributed by atoms with E-state index in [1.165, 1.54) is 59.9 Å². The minimum Gasteiger partial charge on any atom is -0.315 e. The Bertz CT molecular complexity index is 1060.